The molecule has 3 heterocycles. The smallest absolute Gasteiger partial charge is 0.0775 e. The molecule has 3 aromatic heterocycles. The van der Waals surface area contributed by atoms with Gasteiger partial charge in [-0.1, -0.05) is 154 Å². The predicted molar refractivity (Wildman–Crippen MR) is 233 cm³/mol. The van der Waals surface area contributed by atoms with Crippen LogP contribution in [0.4, 0.5) is 0 Å². The van der Waals surface area contributed by atoms with Crippen LogP contribution in [0.25, 0.3) is 78.1 Å². The summed E-state index contributed by atoms with van der Waals surface area (Å²) in [6.07, 6.45) is 7.73. The minimum atomic E-state index is -1.40. The van der Waals surface area contributed by atoms with E-state index >= 15 is 0 Å². The van der Waals surface area contributed by atoms with Crippen LogP contribution in [0.3, 0.4) is 0 Å². The first-order valence-electron chi connectivity index (χ1n) is 19.1. The van der Waals surface area contributed by atoms with Crippen molar-refractivity contribution in [3.05, 3.63) is 182 Å². The first-order chi connectivity index (χ1) is 26.6. The average Bonchev–Trinajstić information content (AvgIpc) is 3.46. The average molecular weight is 726 g/mol. The van der Waals surface area contributed by atoms with Gasteiger partial charge in [0, 0.05) is 58.0 Å². The highest BCUT2D eigenvalue weighted by Crippen LogP contribution is 2.53. The van der Waals surface area contributed by atoms with E-state index in [1.54, 1.807) is 0 Å². The molecule has 55 heavy (non-hydrogen) atoms. The van der Waals surface area contributed by atoms with Crippen molar-refractivity contribution in [3.63, 3.8) is 0 Å². The van der Waals surface area contributed by atoms with Gasteiger partial charge < -0.3 is 0 Å². The van der Waals surface area contributed by atoms with Crippen LogP contribution >= 0.6 is 0 Å². The summed E-state index contributed by atoms with van der Waals surface area (Å²) >= 11 is 0. The van der Waals surface area contributed by atoms with E-state index in [1.165, 1.54) is 38.6 Å². The molecule has 0 amide bonds. The van der Waals surface area contributed by atoms with Crippen molar-refractivity contribution in [2.24, 2.45) is 0 Å². The largest absolute Gasteiger partial charge is 0.263 e. The topological polar surface area (TPSA) is 38.7 Å². The molecule has 0 unspecified atom stereocenters. The van der Waals surface area contributed by atoms with Gasteiger partial charge in [-0.25, -0.2) is 4.98 Å². The van der Waals surface area contributed by atoms with E-state index in [2.05, 4.69) is 167 Å². The molecule has 5 aromatic carbocycles. The second-order valence-electron chi connectivity index (χ2n) is 16.2. The molecule has 0 spiro atoms. The quantitative estimate of drug-likeness (QED) is 0.154. The van der Waals surface area contributed by atoms with Gasteiger partial charge in [0.05, 0.1) is 19.5 Å². The zero-order chi connectivity index (χ0) is 37.7. The van der Waals surface area contributed by atoms with Crippen molar-refractivity contribution >= 4 is 13.3 Å². The zero-order valence-electron chi connectivity index (χ0n) is 32.0. The molecule has 0 saturated carbocycles. The summed E-state index contributed by atoms with van der Waals surface area (Å²) in [4.78, 5) is 14.6. The lowest BCUT2D eigenvalue weighted by molar-refractivity contribution is 0.660. The monoisotopic (exact) mass is 725 g/mol. The van der Waals surface area contributed by atoms with Crippen molar-refractivity contribution in [1.29, 1.82) is 0 Å². The summed E-state index contributed by atoms with van der Waals surface area (Å²) in [5, 5.41) is 1.48. The van der Waals surface area contributed by atoms with Crippen molar-refractivity contribution in [2.45, 2.75) is 38.9 Å². The Morgan fingerprint density at radius 3 is 1.62 bits per heavy atom. The minimum absolute atomic E-state index is 0.101. The molecule has 1 aliphatic rings. The minimum Gasteiger partial charge on any atom is -0.263 e. The Bertz CT molecular complexity index is 2630. The summed E-state index contributed by atoms with van der Waals surface area (Å²) in [7, 11) is -1.40. The molecule has 266 valence electrons. The van der Waals surface area contributed by atoms with E-state index in [-0.39, 0.29) is 5.41 Å². The second-order valence-corrected chi connectivity index (χ2v) is 21.3. The Balaban J connectivity index is 1.10. The van der Waals surface area contributed by atoms with Gasteiger partial charge in [-0.05, 0) is 80.4 Å². The maximum absolute atomic E-state index is 5.15. The molecule has 3 nitrogen and oxygen atoms in total. The van der Waals surface area contributed by atoms with E-state index in [4.69, 9.17) is 15.0 Å². The lowest BCUT2D eigenvalue weighted by Crippen LogP contribution is -2.37. The highest BCUT2D eigenvalue weighted by Gasteiger charge is 2.37. The third-order valence-electron chi connectivity index (χ3n) is 11.2. The molecule has 1 aliphatic carbocycles. The van der Waals surface area contributed by atoms with Crippen molar-refractivity contribution < 1.29 is 0 Å². The van der Waals surface area contributed by atoms with E-state index < -0.39 is 8.07 Å². The lowest BCUT2D eigenvalue weighted by Gasteiger charge is -2.22. The maximum Gasteiger partial charge on any atom is 0.0775 e. The Morgan fingerprint density at radius 1 is 0.400 bits per heavy atom. The molecule has 9 rings (SSSR count). The van der Waals surface area contributed by atoms with E-state index in [1.807, 2.05) is 36.9 Å². The molecule has 4 heteroatoms. The Kier molecular flexibility index (Phi) is 8.51. The normalized spacial score (nSPS) is 13.0. The van der Waals surface area contributed by atoms with Gasteiger partial charge in [0.2, 0.25) is 0 Å². The molecule has 0 atom stereocenters. The van der Waals surface area contributed by atoms with Gasteiger partial charge >= 0.3 is 0 Å². The van der Waals surface area contributed by atoms with Crippen molar-refractivity contribution in [2.75, 3.05) is 0 Å². The fraction of sp³-hybridized carbons (Fsp3) is 0.118. The number of benzene rings is 5. The zero-order valence-corrected chi connectivity index (χ0v) is 33.0. The first kappa shape index (κ1) is 34.5. The number of rotatable bonds is 7. The van der Waals surface area contributed by atoms with Gasteiger partial charge in [0.25, 0.3) is 0 Å². The van der Waals surface area contributed by atoms with Crippen LogP contribution in [-0.2, 0) is 5.41 Å². The molecule has 0 fully saturated rings. The Labute approximate surface area is 325 Å². The fourth-order valence-corrected chi connectivity index (χ4v) is 9.27. The summed E-state index contributed by atoms with van der Waals surface area (Å²) in [5.74, 6) is 0. The van der Waals surface area contributed by atoms with Gasteiger partial charge in [0.15, 0.2) is 0 Å². The predicted octanol–water partition coefficient (Wildman–Crippen LogP) is 12.7. The van der Waals surface area contributed by atoms with Gasteiger partial charge in [-0.15, -0.1) is 0 Å². The first-order valence-corrected chi connectivity index (χ1v) is 22.6. The summed E-state index contributed by atoms with van der Waals surface area (Å²) in [6, 6.07) is 52.7. The fourth-order valence-electron chi connectivity index (χ4n) is 8.10. The molecule has 0 N–H and O–H groups in total. The Hall–Kier alpha value is -6.23. The SMILES string of the molecule is CC1(C)c2ccc(-c3cncc(-c4cncc(-c5cc(-c6ccccc6)cc(-c6ccccc6)n5)c4)c3)cc2-c2c(-c3ccc([Si](C)(C)C)cc3)cccc21. The van der Waals surface area contributed by atoms with Crippen molar-refractivity contribution in [3.8, 4) is 78.1 Å². The molecule has 0 saturated heterocycles. The summed E-state index contributed by atoms with van der Waals surface area (Å²) in [6.45, 7) is 11.9. The number of hydrogen-bond donors (Lipinski definition) is 0. The number of fused-ring (bicyclic) bond motifs is 3. The maximum atomic E-state index is 5.15. The van der Waals surface area contributed by atoms with Crippen LogP contribution in [-0.4, -0.2) is 23.0 Å². The van der Waals surface area contributed by atoms with Crippen LogP contribution in [0.2, 0.25) is 19.6 Å². The van der Waals surface area contributed by atoms with Crippen LogP contribution in [0.5, 0.6) is 0 Å². The molecular formula is C51H43N3Si. The highest BCUT2D eigenvalue weighted by atomic mass is 28.3. The second kappa shape index (κ2) is 13.6. The lowest BCUT2D eigenvalue weighted by atomic mass is 9.81. The van der Waals surface area contributed by atoms with Gasteiger partial charge in [0.1, 0.15) is 0 Å². The summed E-state index contributed by atoms with van der Waals surface area (Å²) < 4.78 is 0. The molecular weight excluding hydrogens is 683 g/mol. The van der Waals surface area contributed by atoms with Crippen LogP contribution in [0.15, 0.2) is 170 Å². The Morgan fingerprint density at radius 2 is 0.964 bits per heavy atom. The van der Waals surface area contributed by atoms with E-state index in [9.17, 15) is 0 Å². The highest BCUT2D eigenvalue weighted by molar-refractivity contribution is 6.88. The standard InChI is InChI=1S/C51H43N3Si/c1-51(2)46-24-21-37(27-45(46)50-44(17-12-18-47(50)51)35-19-22-43(23-20-35)55(3,4)5)39-25-40(31-52-30-39)41-26-42(33-53-32-41)49-29-38(34-13-8-6-9-14-34)28-48(54-49)36-15-10-7-11-16-36/h6-33H,1-5H3. The summed E-state index contributed by atoms with van der Waals surface area (Å²) in [5.41, 5.74) is 18.2. The van der Waals surface area contributed by atoms with Gasteiger partial charge in [-0.2, -0.15) is 0 Å². The van der Waals surface area contributed by atoms with Gasteiger partial charge in [-0.3, -0.25) is 9.97 Å². The third-order valence-corrected chi connectivity index (χ3v) is 13.3. The molecule has 0 bridgehead atoms. The van der Waals surface area contributed by atoms with Crippen molar-refractivity contribution in [1.82, 2.24) is 15.0 Å². The number of pyridine rings is 3. The van der Waals surface area contributed by atoms with Crippen LogP contribution < -0.4 is 5.19 Å². The van der Waals surface area contributed by atoms with E-state index in [0.717, 1.165) is 55.9 Å². The number of hydrogen-bond acceptors (Lipinski definition) is 3. The molecule has 0 radical (unpaired) electrons. The third kappa shape index (κ3) is 6.43. The van der Waals surface area contributed by atoms with Crippen LogP contribution in [0.1, 0.15) is 25.0 Å². The number of nitrogens with zero attached hydrogens (tertiary/aromatic N) is 3. The molecule has 0 aliphatic heterocycles. The number of aromatic nitrogens is 3. The van der Waals surface area contributed by atoms with Crippen LogP contribution in [0, 0.1) is 0 Å². The van der Waals surface area contributed by atoms with E-state index in [0.29, 0.717) is 0 Å². The molecule has 8 aromatic rings.